The van der Waals surface area contributed by atoms with Crippen LogP contribution in [0.15, 0.2) is 10.7 Å². The van der Waals surface area contributed by atoms with Crippen molar-refractivity contribution in [1.82, 2.24) is 15.5 Å². The number of halogens is 1. The third-order valence-corrected chi connectivity index (χ3v) is 2.70. The van der Waals surface area contributed by atoms with E-state index in [9.17, 15) is 4.79 Å². The largest absolute Gasteiger partial charge is 0.376 e. The summed E-state index contributed by atoms with van der Waals surface area (Å²) in [5.41, 5.74) is 0.389. The van der Waals surface area contributed by atoms with Crippen molar-refractivity contribution in [1.29, 1.82) is 0 Å². The predicted molar refractivity (Wildman–Crippen MR) is 57.6 cm³/mol. The molecule has 1 saturated heterocycles. The second-order valence-electron chi connectivity index (χ2n) is 3.45. The van der Waals surface area contributed by atoms with Crippen LogP contribution >= 0.6 is 15.9 Å². The first kappa shape index (κ1) is 10.6. The predicted octanol–water partition coefficient (Wildman–Crippen LogP) is 1.08. The fraction of sp³-hybridized carbons (Fsp3) is 0.556. The molecule has 1 aromatic heterocycles. The Morgan fingerprint density at radius 2 is 2.67 bits per heavy atom. The molecule has 0 aromatic carbocycles. The van der Waals surface area contributed by atoms with E-state index in [1.807, 2.05) is 0 Å². The summed E-state index contributed by atoms with van der Waals surface area (Å²) in [7, 11) is 0. The average Bonchev–Trinajstić information content (AvgIpc) is 2.84. The summed E-state index contributed by atoms with van der Waals surface area (Å²) in [6.45, 7) is 1.36. The number of hydrogen-bond donors (Lipinski definition) is 2. The van der Waals surface area contributed by atoms with Crippen LogP contribution < -0.4 is 5.32 Å². The van der Waals surface area contributed by atoms with Gasteiger partial charge in [-0.2, -0.15) is 5.10 Å². The number of rotatable bonds is 3. The van der Waals surface area contributed by atoms with Crippen LogP contribution in [0.2, 0.25) is 0 Å². The van der Waals surface area contributed by atoms with Gasteiger partial charge in [0, 0.05) is 19.2 Å². The minimum atomic E-state index is -0.174. The molecule has 0 saturated carbocycles. The fourth-order valence-electron chi connectivity index (χ4n) is 1.52. The summed E-state index contributed by atoms with van der Waals surface area (Å²) in [6.07, 6.45) is 2.26. The molecule has 1 aliphatic heterocycles. The Balaban J connectivity index is 1.81. The molecule has 15 heavy (non-hydrogen) atoms. The van der Waals surface area contributed by atoms with E-state index >= 15 is 0 Å². The van der Waals surface area contributed by atoms with Gasteiger partial charge >= 0.3 is 0 Å². The summed E-state index contributed by atoms with van der Waals surface area (Å²) < 4.78 is 6.09. The number of H-pyrrole nitrogens is 1. The second kappa shape index (κ2) is 4.76. The fourth-order valence-corrected chi connectivity index (χ4v) is 1.82. The average molecular weight is 274 g/mol. The second-order valence-corrected chi connectivity index (χ2v) is 4.30. The van der Waals surface area contributed by atoms with E-state index < -0.39 is 0 Å². The summed E-state index contributed by atoms with van der Waals surface area (Å²) in [6, 6.07) is 1.64. The Morgan fingerprint density at radius 3 is 3.27 bits per heavy atom. The first-order chi connectivity index (χ1) is 7.25. The number of ether oxygens (including phenoxy) is 1. The third-order valence-electron chi connectivity index (χ3n) is 2.29. The first-order valence-electron chi connectivity index (χ1n) is 4.86. The van der Waals surface area contributed by atoms with Crippen LogP contribution in [-0.4, -0.2) is 35.4 Å². The maximum Gasteiger partial charge on any atom is 0.271 e. The van der Waals surface area contributed by atoms with E-state index in [-0.39, 0.29) is 12.0 Å². The van der Waals surface area contributed by atoms with Crippen LogP contribution in [-0.2, 0) is 4.74 Å². The molecule has 1 amide bonds. The van der Waals surface area contributed by atoms with Gasteiger partial charge in [-0.15, -0.1) is 0 Å². The summed E-state index contributed by atoms with van der Waals surface area (Å²) >= 11 is 3.20. The Hall–Kier alpha value is -0.880. The summed E-state index contributed by atoms with van der Waals surface area (Å²) in [4.78, 5) is 11.5. The number of aromatic amines is 1. The maximum atomic E-state index is 11.5. The molecule has 6 heteroatoms. The van der Waals surface area contributed by atoms with Crippen molar-refractivity contribution in [3.63, 3.8) is 0 Å². The lowest BCUT2D eigenvalue weighted by molar-refractivity contribution is 0.0853. The van der Waals surface area contributed by atoms with Gasteiger partial charge in [-0.05, 0) is 28.8 Å². The molecule has 0 bridgehead atoms. The number of aromatic nitrogens is 2. The monoisotopic (exact) mass is 273 g/mol. The number of carbonyl (C=O) groups is 1. The van der Waals surface area contributed by atoms with Crippen molar-refractivity contribution < 1.29 is 9.53 Å². The van der Waals surface area contributed by atoms with E-state index in [1.54, 1.807) is 6.07 Å². The van der Waals surface area contributed by atoms with Gasteiger partial charge in [0.25, 0.3) is 5.91 Å². The SMILES string of the molecule is O=C(NCC1CCCO1)c1cc(Br)[nH]n1. The van der Waals surface area contributed by atoms with Crippen molar-refractivity contribution in [2.75, 3.05) is 13.2 Å². The molecule has 0 spiro atoms. The Kier molecular flexibility index (Phi) is 3.37. The standard InChI is InChI=1S/C9H12BrN3O2/c10-8-4-7(12-13-8)9(14)11-5-6-2-1-3-15-6/h4,6H,1-3,5H2,(H,11,14)(H,12,13). The van der Waals surface area contributed by atoms with Gasteiger partial charge < -0.3 is 10.1 Å². The van der Waals surface area contributed by atoms with Crippen LogP contribution in [0, 0.1) is 0 Å². The van der Waals surface area contributed by atoms with E-state index in [0.717, 1.165) is 19.4 Å². The molecule has 82 valence electrons. The van der Waals surface area contributed by atoms with Gasteiger partial charge in [-0.3, -0.25) is 9.89 Å². The van der Waals surface area contributed by atoms with Crippen LogP contribution in [0.1, 0.15) is 23.3 Å². The highest BCUT2D eigenvalue weighted by atomic mass is 79.9. The van der Waals surface area contributed by atoms with Gasteiger partial charge in [-0.25, -0.2) is 0 Å². The minimum Gasteiger partial charge on any atom is -0.376 e. The summed E-state index contributed by atoms with van der Waals surface area (Å²) in [5, 5.41) is 9.28. The van der Waals surface area contributed by atoms with Crippen molar-refractivity contribution in [3.05, 3.63) is 16.4 Å². The zero-order valence-corrected chi connectivity index (χ0v) is 9.71. The highest BCUT2D eigenvalue weighted by Crippen LogP contribution is 2.11. The molecular weight excluding hydrogens is 262 g/mol. The lowest BCUT2D eigenvalue weighted by atomic mass is 10.2. The molecule has 5 nitrogen and oxygen atoms in total. The van der Waals surface area contributed by atoms with E-state index in [2.05, 4.69) is 31.4 Å². The number of nitrogens with one attached hydrogen (secondary N) is 2. The van der Waals surface area contributed by atoms with Crippen LogP contribution in [0.3, 0.4) is 0 Å². The van der Waals surface area contributed by atoms with Crippen molar-refractivity contribution in [3.8, 4) is 0 Å². The topological polar surface area (TPSA) is 67.0 Å². The Labute approximate surface area is 95.7 Å². The van der Waals surface area contributed by atoms with Crippen molar-refractivity contribution in [2.45, 2.75) is 18.9 Å². The molecule has 2 rings (SSSR count). The maximum absolute atomic E-state index is 11.5. The normalized spacial score (nSPS) is 20.5. The van der Waals surface area contributed by atoms with E-state index in [4.69, 9.17) is 4.74 Å². The molecule has 2 heterocycles. The van der Waals surface area contributed by atoms with Gasteiger partial charge in [0.1, 0.15) is 4.60 Å². The van der Waals surface area contributed by atoms with Crippen LogP contribution in [0.4, 0.5) is 0 Å². The van der Waals surface area contributed by atoms with Crippen LogP contribution in [0.25, 0.3) is 0 Å². The minimum absolute atomic E-state index is 0.163. The Bertz CT molecular complexity index is 347. The first-order valence-corrected chi connectivity index (χ1v) is 5.66. The van der Waals surface area contributed by atoms with Crippen molar-refractivity contribution in [2.24, 2.45) is 0 Å². The van der Waals surface area contributed by atoms with Gasteiger partial charge in [0.05, 0.1) is 6.10 Å². The Morgan fingerprint density at radius 1 is 1.80 bits per heavy atom. The quantitative estimate of drug-likeness (QED) is 0.866. The van der Waals surface area contributed by atoms with Gasteiger partial charge in [0.15, 0.2) is 5.69 Å². The zero-order valence-electron chi connectivity index (χ0n) is 8.12. The van der Waals surface area contributed by atoms with Gasteiger partial charge in [0.2, 0.25) is 0 Å². The molecular formula is C9H12BrN3O2. The number of hydrogen-bond acceptors (Lipinski definition) is 3. The molecule has 1 aliphatic rings. The molecule has 0 aliphatic carbocycles. The lowest BCUT2D eigenvalue weighted by Crippen LogP contribution is -2.31. The highest BCUT2D eigenvalue weighted by Gasteiger charge is 2.17. The number of amides is 1. The molecule has 1 aromatic rings. The molecule has 2 N–H and O–H groups in total. The smallest absolute Gasteiger partial charge is 0.271 e. The van der Waals surface area contributed by atoms with Crippen molar-refractivity contribution >= 4 is 21.8 Å². The molecule has 1 unspecified atom stereocenters. The number of nitrogens with zero attached hydrogens (tertiary/aromatic N) is 1. The zero-order chi connectivity index (χ0) is 10.7. The number of carbonyl (C=O) groups excluding carboxylic acids is 1. The highest BCUT2D eigenvalue weighted by molar-refractivity contribution is 9.10. The van der Waals surface area contributed by atoms with Gasteiger partial charge in [-0.1, -0.05) is 0 Å². The molecule has 1 atom stereocenters. The van der Waals surface area contributed by atoms with E-state index in [0.29, 0.717) is 16.8 Å². The summed E-state index contributed by atoms with van der Waals surface area (Å²) in [5.74, 6) is -0.174. The molecule has 1 fully saturated rings. The van der Waals surface area contributed by atoms with Crippen LogP contribution in [0.5, 0.6) is 0 Å². The lowest BCUT2D eigenvalue weighted by Gasteiger charge is -2.09. The third kappa shape index (κ3) is 2.79. The van der Waals surface area contributed by atoms with E-state index in [1.165, 1.54) is 0 Å². The molecule has 0 radical (unpaired) electrons.